The van der Waals surface area contributed by atoms with E-state index in [1.807, 2.05) is 12.2 Å². The van der Waals surface area contributed by atoms with E-state index in [1.54, 1.807) is 13.0 Å². The van der Waals surface area contributed by atoms with Gasteiger partial charge in [0.25, 0.3) is 5.91 Å². The molecular weight excluding hydrogens is 456 g/mol. The van der Waals surface area contributed by atoms with E-state index < -0.39 is 17.7 Å². The second kappa shape index (κ2) is 9.83. The zero-order valence-electron chi connectivity index (χ0n) is 21.0. The smallest absolute Gasteiger partial charge is 0.259 e. The standard InChI is InChI=1S/C29H36N2O5/c1-15-13-21-20(26(15)16(2)32)10-9-19-18-5-3-7-25(34)30-12-4-6-23-28(35)27(29(36)31-23)24(33)11-8-17(18)14-22(19)21/h3,7-11,15,17-23,26,33H,4-6,12-14H2,1-2H3,(H,30,34)(H,31,36)/t15-,17-,18+,19-,20-,21+,22+,23+,26+/m1/s1. The molecule has 7 heteroatoms. The zero-order chi connectivity index (χ0) is 25.6. The first-order valence-corrected chi connectivity index (χ1v) is 13.4. The van der Waals surface area contributed by atoms with Crippen molar-refractivity contribution in [3.8, 4) is 0 Å². The van der Waals surface area contributed by atoms with Crippen molar-refractivity contribution in [1.29, 1.82) is 0 Å². The molecule has 36 heavy (non-hydrogen) atoms. The average molecular weight is 493 g/mol. The van der Waals surface area contributed by atoms with Crippen molar-refractivity contribution in [1.82, 2.24) is 10.6 Å². The largest absolute Gasteiger partial charge is 0.507 e. The number of allylic oxidation sites excluding steroid dienone is 5. The molecule has 192 valence electrons. The van der Waals surface area contributed by atoms with E-state index in [9.17, 15) is 24.3 Å². The number of fused-ring (bicyclic) bond motifs is 7. The monoisotopic (exact) mass is 492 g/mol. The van der Waals surface area contributed by atoms with E-state index in [1.165, 1.54) is 6.08 Å². The van der Waals surface area contributed by atoms with E-state index in [0.717, 1.165) is 19.3 Å². The Bertz CT molecular complexity index is 1090. The number of aliphatic hydroxyl groups is 1. The fourth-order valence-electron chi connectivity index (χ4n) is 7.81. The number of carbonyl (C=O) groups is 4. The molecule has 7 nitrogen and oxygen atoms in total. The highest BCUT2D eigenvalue weighted by Gasteiger charge is 2.53. The SMILES string of the molecule is CC(=O)[C@H]1[C@@H]2C=C[C@@H]3[C@H]4CC=CC(=O)NCCC[C@@H]5NC(=O)C(=C(O)C=C[C@@H]4C[C@@H]3[C@H]2C[C@H]1C)C5=O. The van der Waals surface area contributed by atoms with Gasteiger partial charge in [0, 0.05) is 12.5 Å². The average Bonchev–Trinajstić information content (AvgIpc) is 3.44. The van der Waals surface area contributed by atoms with Crippen LogP contribution in [0.1, 0.15) is 46.0 Å². The van der Waals surface area contributed by atoms with Crippen molar-refractivity contribution in [2.75, 3.05) is 6.54 Å². The van der Waals surface area contributed by atoms with Crippen LogP contribution in [0.25, 0.3) is 0 Å². The molecular formula is C29H36N2O5. The number of hydrogen-bond donors (Lipinski definition) is 3. The van der Waals surface area contributed by atoms with Crippen molar-refractivity contribution >= 4 is 23.4 Å². The highest BCUT2D eigenvalue weighted by Crippen LogP contribution is 2.58. The van der Waals surface area contributed by atoms with E-state index in [-0.39, 0.29) is 46.7 Å². The second-order valence-corrected chi connectivity index (χ2v) is 11.4. The van der Waals surface area contributed by atoms with Gasteiger partial charge in [-0.3, -0.25) is 19.2 Å². The van der Waals surface area contributed by atoms with Gasteiger partial charge < -0.3 is 15.7 Å². The molecule has 3 fully saturated rings. The van der Waals surface area contributed by atoms with Gasteiger partial charge in [0.15, 0.2) is 5.78 Å². The summed E-state index contributed by atoms with van der Waals surface area (Å²) in [7, 11) is 0. The third kappa shape index (κ3) is 4.37. The lowest BCUT2D eigenvalue weighted by molar-refractivity contribution is -0.123. The number of nitrogens with one attached hydrogen (secondary N) is 2. The molecule has 3 N–H and O–H groups in total. The van der Waals surface area contributed by atoms with Gasteiger partial charge >= 0.3 is 0 Å². The Labute approximate surface area is 212 Å². The molecule has 3 aliphatic carbocycles. The van der Waals surface area contributed by atoms with Gasteiger partial charge in [0.2, 0.25) is 5.91 Å². The molecule has 0 aromatic heterocycles. The first-order valence-electron chi connectivity index (χ1n) is 13.4. The van der Waals surface area contributed by atoms with E-state index >= 15 is 0 Å². The Morgan fingerprint density at radius 3 is 2.53 bits per heavy atom. The Morgan fingerprint density at radius 2 is 1.75 bits per heavy atom. The third-order valence-corrected chi connectivity index (χ3v) is 9.32. The molecule has 2 saturated carbocycles. The van der Waals surface area contributed by atoms with Crippen LogP contribution in [0.15, 0.2) is 47.8 Å². The van der Waals surface area contributed by atoms with Gasteiger partial charge in [0.05, 0.1) is 6.04 Å². The second-order valence-electron chi connectivity index (χ2n) is 11.4. The lowest BCUT2D eigenvalue weighted by atomic mass is 9.69. The van der Waals surface area contributed by atoms with Gasteiger partial charge in [-0.05, 0) is 92.6 Å². The van der Waals surface area contributed by atoms with E-state index in [4.69, 9.17) is 0 Å². The summed E-state index contributed by atoms with van der Waals surface area (Å²) >= 11 is 0. The molecule has 2 heterocycles. The number of rotatable bonds is 1. The van der Waals surface area contributed by atoms with Gasteiger partial charge in [0.1, 0.15) is 17.1 Å². The maximum atomic E-state index is 12.8. The van der Waals surface area contributed by atoms with Crippen LogP contribution < -0.4 is 10.6 Å². The molecule has 0 aromatic carbocycles. The number of Topliss-reactive ketones (excluding diaryl/α,β-unsaturated/α-hetero) is 2. The number of aliphatic hydroxyl groups excluding tert-OH is 1. The summed E-state index contributed by atoms with van der Waals surface area (Å²) in [4.78, 5) is 49.9. The van der Waals surface area contributed by atoms with Crippen LogP contribution in [-0.2, 0) is 19.2 Å². The van der Waals surface area contributed by atoms with Crippen LogP contribution >= 0.6 is 0 Å². The molecule has 1 saturated heterocycles. The maximum absolute atomic E-state index is 12.8. The van der Waals surface area contributed by atoms with Crippen molar-refractivity contribution in [3.05, 3.63) is 47.8 Å². The number of carbonyl (C=O) groups excluding carboxylic acids is 4. The van der Waals surface area contributed by atoms with Gasteiger partial charge in [-0.15, -0.1) is 0 Å². The Kier molecular flexibility index (Phi) is 6.75. The molecule has 5 rings (SSSR count). The zero-order valence-corrected chi connectivity index (χ0v) is 21.0. The van der Waals surface area contributed by atoms with Crippen molar-refractivity contribution in [3.63, 3.8) is 0 Å². The number of hydrogen-bond acceptors (Lipinski definition) is 5. The molecule has 0 unspecified atom stereocenters. The lowest BCUT2D eigenvalue weighted by Crippen LogP contribution is -2.31. The minimum Gasteiger partial charge on any atom is -0.507 e. The highest BCUT2D eigenvalue weighted by molar-refractivity contribution is 6.27. The van der Waals surface area contributed by atoms with E-state index in [0.29, 0.717) is 43.1 Å². The molecule has 2 amide bonds. The van der Waals surface area contributed by atoms with Crippen molar-refractivity contribution in [2.45, 2.75) is 52.0 Å². The molecule has 5 aliphatic rings. The van der Waals surface area contributed by atoms with Crippen LogP contribution in [0.2, 0.25) is 0 Å². The first kappa shape index (κ1) is 24.7. The topological polar surface area (TPSA) is 113 Å². The maximum Gasteiger partial charge on any atom is 0.259 e. The fraction of sp³-hybridized carbons (Fsp3) is 0.586. The van der Waals surface area contributed by atoms with Crippen molar-refractivity contribution < 1.29 is 24.3 Å². The molecule has 2 bridgehead atoms. The van der Waals surface area contributed by atoms with Gasteiger partial charge in [-0.1, -0.05) is 31.2 Å². The molecule has 0 radical (unpaired) electrons. The predicted octanol–water partition coefficient (Wildman–Crippen LogP) is 3.19. The predicted molar refractivity (Wildman–Crippen MR) is 134 cm³/mol. The molecule has 0 spiro atoms. The molecule has 2 aliphatic heterocycles. The number of amides is 2. The summed E-state index contributed by atoms with van der Waals surface area (Å²) in [5, 5.41) is 16.2. The minimum absolute atomic E-state index is 0.0759. The summed E-state index contributed by atoms with van der Waals surface area (Å²) in [5.74, 6) is 1.15. The highest BCUT2D eigenvalue weighted by atomic mass is 16.3. The van der Waals surface area contributed by atoms with Crippen LogP contribution in [0.3, 0.4) is 0 Å². The summed E-state index contributed by atoms with van der Waals surface area (Å²) < 4.78 is 0. The molecule has 0 aromatic rings. The molecule has 9 atom stereocenters. The summed E-state index contributed by atoms with van der Waals surface area (Å²) in [6.07, 6.45) is 15.2. The third-order valence-electron chi connectivity index (χ3n) is 9.32. The van der Waals surface area contributed by atoms with E-state index in [2.05, 4.69) is 29.7 Å². The van der Waals surface area contributed by atoms with Gasteiger partial charge in [-0.25, -0.2) is 0 Å². The summed E-state index contributed by atoms with van der Waals surface area (Å²) in [5.41, 5.74) is -0.173. The van der Waals surface area contributed by atoms with Crippen LogP contribution in [0, 0.1) is 47.3 Å². The first-order chi connectivity index (χ1) is 17.3. The number of ketones is 2. The van der Waals surface area contributed by atoms with Crippen molar-refractivity contribution in [2.24, 2.45) is 47.3 Å². The quantitative estimate of drug-likeness (QED) is 0.384. The minimum atomic E-state index is -0.675. The summed E-state index contributed by atoms with van der Waals surface area (Å²) in [6.45, 7) is 4.30. The Balaban J connectivity index is 1.46. The van der Waals surface area contributed by atoms with Gasteiger partial charge in [-0.2, -0.15) is 0 Å². The van der Waals surface area contributed by atoms with Crippen LogP contribution in [-0.4, -0.2) is 41.1 Å². The fourth-order valence-corrected chi connectivity index (χ4v) is 7.81. The van der Waals surface area contributed by atoms with Crippen LogP contribution in [0.5, 0.6) is 0 Å². The normalized spacial score (nSPS) is 40.5. The Morgan fingerprint density at radius 1 is 1.00 bits per heavy atom. The Hall–Kier alpha value is -2.96. The van der Waals surface area contributed by atoms with Crippen LogP contribution in [0.4, 0.5) is 0 Å². The summed E-state index contributed by atoms with van der Waals surface area (Å²) in [6, 6.07) is -0.675. The lowest BCUT2D eigenvalue weighted by Gasteiger charge is -2.35.